The van der Waals surface area contributed by atoms with Gasteiger partial charge in [-0.2, -0.15) is 0 Å². The van der Waals surface area contributed by atoms with Gasteiger partial charge in [-0.05, 0) is 37.7 Å². The van der Waals surface area contributed by atoms with Crippen molar-refractivity contribution in [1.29, 1.82) is 0 Å². The van der Waals surface area contributed by atoms with Crippen LogP contribution in [-0.4, -0.2) is 45.4 Å². The first-order valence-electron chi connectivity index (χ1n) is 7.92. The number of rotatable bonds is 9. The standard InChI is InChI=1S/C12H27P.C4H11Si.CH4.Cu.Li/c1-4-7-10-13(11-8-5-2)12-9-6-3;1-5(2,3)4;;;/h4-12H2,1-3H3;1H2,2-4H3;1H4;;/q;-1;;+1;. The molecular formula is C17H42CuLiPSi. The first-order chi connectivity index (χ1) is 8.35. The normalized spacial score (nSPS) is 9.71. The summed E-state index contributed by atoms with van der Waals surface area (Å²) >= 11 is 0. The van der Waals surface area contributed by atoms with E-state index in [1.165, 1.54) is 38.5 Å². The molecule has 0 nitrogen and oxygen atoms in total. The van der Waals surface area contributed by atoms with Crippen LogP contribution in [0.4, 0.5) is 0 Å². The molecule has 0 atom stereocenters. The van der Waals surface area contributed by atoms with E-state index in [1.54, 1.807) is 18.5 Å². The molecule has 21 heavy (non-hydrogen) atoms. The van der Waals surface area contributed by atoms with Gasteiger partial charge in [0, 0.05) is 18.9 Å². The fraction of sp³-hybridized carbons (Fsp3) is 0.941. The molecule has 0 heterocycles. The van der Waals surface area contributed by atoms with Gasteiger partial charge in [-0.1, -0.05) is 67.1 Å². The van der Waals surface area contributed by atoms with Crippen molar-refractivity contribution >= 4 is 34.9 Å². The van der Waals surface area contributed by atoms with Crippen LogP contribution in [0, 0.1) is 6.55 Å². The zero-order valence-electron chi connectivity index (χ0n) is 15.3. The maximum atomic E-state index is 3.91. The SMILES string of the molecule is C.CCCCP(CCCC)CCCC.[CH2-][Si](C)(C)C.[Cu+].[Li]. The molecule has 0 unspecified atom stereocenters. The van der Waals surface area contributed by atoms with Crippen molar-refractivity contribution in [2.75, 3.05) is 18.5 Å². The van der Waals surface area contributed by atoms with E-state index in [4.69, 9.17) is 0 Å². The Labute approximate surface area is 162 Å². The zero-order valence-corrected chi connectivity index (χ0v) is 18.2. The van der Waals surface area contributed by atoms with E-state index in [9.17, 15) is 0 Å². The van der Waals surface area contributed by atoms with Crippen LogP contribution < -0.4 is 0 Å². The summed E-state index contributed by atoms with van der Waals surface area (Å²) in [5.74, 6) is 0. The summed E-state index contributed by atoms with van der Waals surface area (Å²) < 4.78 is 0. The van der Waals surface area contributed by atoms with Gasteiger partial charge in [0.2, 0.25) is 0 Å². The van der Waals surface area contributed by atoms with E-state index in [-0.39, 0.29) is 43.4 Å². The molecule has 0 fully saturated rings. The largest absolute Gasteiger partial charge is 1.00 e. The summed E-state index contributed by atoms with van der Waals surface area (Å²) in [7, 11) is -0.439. The van der Waals surface area contributed by atoms with E-state index in [0.717, 1.165) is 0 Å². The quantitative estimate of drug-likeness (QED) is 0.235. The average Bonchev–Trinajstić information content (AvgIpc) is 2.26. The van der Waals surface area contributed by atoms with Crippen LogP contribution in [0.25, 0.3) is 0 Å². The number of unbranched alkanes of at least 4 members (excludes halogenated alkanes) is 3. The van der Waals surface area contributed by atoms with Crippen LogP contribution in [0.3, 0.4) is 0 Å². The molecule has 0 bridgehead atoms. The van der Waals surface area contributed by atoms with Gasteiger partial charge in [-0.3, -0.25) is 0 Å². The smallest absolute Gasteiger partial charge is 0.342 e. The number of hydrogen-bond donors (Lipinski definition) is 0. The van der Waals surface area contributed by atoms with Crippen molar-refractivity contribution in [3.05, 3.63) is 6.55 Å². The molecule has 0 aromatic rings. The third-order valence-corrected chi connectivity index (χ3v) is 5.33. The third kappa shape index (κ3) is 44.9. The van der Waals surface area contributed by atoms with Crippen molar-refractivity contribution < 1.29 is 17.1 Å². The van der Waals surface area contributed by atoms with Crippen molar-refractivity contribution in [3.8, 4) is 0 Å². The predicted octanol–water partition coefficient (Wildman–Crippen LogP) is 6.82. The Morgan fingerprint density at radius 1 is 0.762 bits per heavy atom. The van der Waals surface area contributed by atoms with Crippen molar-refractivity contribution in [1.82, 2.24) is 0 Å². The van der Waals surface area contributed by atoms with Gasteiger partial charge in [-0.25, -0.2) is 0 Å². The van der Waals surface area contributed by atoms with Crippen molar-refractivity contribution in [2.45, 2.75) is 86.4 Å². The Kier molecular flexibility index (Phi) is 39.1. The van der Waals surface area contributed by atoms with Gasteiger partial charge in [0.05, 0.1) is 0 Å². The molecule has 1 radical (unpaired) electrons. The monoisotopic (exact) mass is 375 g/mol. The van der Waals surface area contributed by atoms with Crippen LogP contribution in [0.2, 0.25) is 19.6 Å². The minimum absolute atomic E-state index is 0. The van der Waals surface area contributed by atoms with Crippen LogP contribution in [-0.2, 0) is 17.1 Å². The molecule has 0 saturated carbocycles. The van der Waals surface area contributed by atoms with E-state index >= 15 is 0 Å². The minimum Gasteiger partial charge on any atom is -0.342 e. The average molecular weight is 376 g/mol. The van der Waals surface area contributed by atoms with Crippen LogP contribution >= 0.6 is 7.92 Å². The van der Waals surface area contributed by atoms with Crippen LogP contribution in [0.5, 0.6) is 0 Å². The maximum absolute atomic E-state index is 3.91. The molecule has 4 heteroatoms. The summed E-state index contributed by atoms with van der Waals surface area (Å²) in [6.07, 6.45) is 13.2. The van der Waals surface area contributed by atoms with Gasteiger partial charge in [0.15, 0.2) is 0 Å². The van der Waals surface area contributed by atoms with Gasteiger partial charge < -0.3 is 6.55 Å². The summed E-state index contributed by atoms with van der Waals surface area (Å²) in [4.78, 5) is 0. The first-order valence-corrected chi connectivity index (χ1v) is 13.5. The summed E-state index contributed by atoms with van der Waals surface area (Å²) in [5, 5.41) is 0. The Hall–Kier alpha value is 1.76. The topological polar surface area (TPSA) is 0 Å². The fourth-order valence-electron chi connectivity index (χ4n) is 1.48. The second-order valence-corrected chi connectivity index (χ2v) is 14.3. The van der Waals surface area contributed by atoms with E-state index in [2.05, 4.69) is 47.0 Å². The second-order valence-electron chi connectivity index (χ2n) is 6.46. The Morgan fingerprint density at radius 3 is 1.10 bits per heavy atom. The van der Waals surface area contributed by atoms with E-state index in [0.29, 0.717) is 7.92 Å². The van der Waals surface area contributed by atoms with E-state index < -0.39 is 8.07 Å². The summed E-state index contributed by atoms with van der Waals surface area (Å²) in [6, 6.07) is 0. The van der Waals surface area contributed by atoms with Gasteiger partial charge in [-0.15, -0.1) is 16.0 Å². The van der Waals surface area contributed by atoms with Gasteiger partial charge >= 0.3 is 17.1 Å². The second kappa shape index (κ2) is 24.0. The molecule has 0 spiro atoms. The molecule has 0 aromatic carbocycles. The first kappa shape index (κ1) is 34.2. The predicted molar refractivity (Wildman–Crippen MR) is 107 cm³/mol. The molecular weight excluding hydrogens is 334 g/mol. The van der Waals surface area contributed by atoms with Gasteiger partial charge in [0.1, 0.15) is 0 Å². The molecule has 0 aliphatic heterocycles. The molecule has 0 rings (SSSR count). The molecule has 0 saturated heterocycles. The molecule has 0 aliphatic rings. The Morgan fingerprint density at radius 2 is 0.952 bits per heavy atom. The zero-order chi connectivity index (χ0) is 14.4. The molecule has 131 valence electrons. The molecule has 0 amide bonds. The van der Waals surface area contributed by atoms with Gasteiger partial charge in [0.25, 0.3) is 0 Å². The van der Waals surface area contributed by atoms with Crippen LogP contribution in [0.15, 0.2) is 0 Å². The van der Waals surface area contributed by atoms with E-state index in [1.807, 2.05) is 0 Å². The fourth-order valence-corrected chi connectivity index (χ4v) is 4.44. The molecule has 0 N–H and O–H groups in total. The Balaban J connectivity index is -0.0000000933. The van der Waals surface area contributed by atoms with Crippen molar-refractivity contribution in [2.24, 2.45) is 0 Å². The Bertz CT molecular complexity index is 138. The summed E-state index contributed by atoms with van der Waals surface area (Å²) in [6.45, 7) is 17.5. The van der Waals surface area contributed by atoms with Crippen molar-refractivity contribution in [3.63, 3.8) is 0 Å². The third-order valence-electron chi connectivity index (χ3n) is 2.48. The maximum Gasteiger partial charge on any atom is 1.00 e. The van der Waals surface area contributed by atoms with Crippen LogP contribution in [0.1, 0.15) is 66.7 Å². The number of hydrogen-bond acceptors (Lipinski definition) is 0. The molecule has 0 aliphatic carbocycles. The minimum atomic E-state index is -0.861. The molecule has 0 aromatic heterocycles. The summed E-state index contributed by atoms with van der Waals surface area (Å²) in [5.41, 5.74) is 0.